The Hall–Kier alpha value is -4.78. The van der Waals surface area contributed by atoms with Crippen molar-refractivity contribution in [2.45, 2.75) is 69.8 Å². The molecular formula is C34H37F3N8O2. The van der Waals surface area contributed by atoms with E-state index in [1.807, 2.05) is 17.8 Å². The number of hydrogen-bond acceptors (Lipinski definition) is 7. The first-order valence-electron chi connectivity index (χ1n) is 15.8. The van der Waals surface area contributed by atoms with E-state index in [-0.39, 0.29) is 35.4 Å². The zero-order valence-corrected chi connectivity index (χ0v) is 26.2. The molecule has 2 aliphatic rings. The SMILES string of the molecule is C[C@H]1CC(=O)N[C@@H]2CCC[C@H](C2)n2nc(-c3ccc(C(=O)Nc4cc(C(F)(F)F)ccn4)cc3)c3c(N)ncc(c32)/C=C/CCN1C. The number of nitrogens with zero attached hydrogens (tertiary/aromatic N) is 5. The quantitative estimate of drug-likeness (QED) is 0.246. The van der Waals surface area contributed by atoms with Crippen molar-refractivity contribution in [2.24, 2.45) is 0 Å². The first-order valence-corrected chi connectivity index (χ1v) is 15.8. The second-order valence-electron chi connectivity index (χ2n) is 12.4. The summed E-state index contributed by atoms with van der Waals surface area (Å²) in [5.74, 6) is -0.431. The van der Waals surface area contributed by atoms with E-state index < -0.39 is 17.6 Å². The van der Waals surface area contributed by atoms with Gasteiger partial charge in [-0.2, -0.15) is 18.3 Å². The van der Waals surface area contributed by atoms with Crippen LogP contribution in [0.4, 0.5) is 24.8 Å². The third-order valence-electron chi connectivity index (χ3n) is 9.07. The van der Waals surface area contributed by atoms with Crippen molar-refractivity contribution in [3.05, 3.63) is 71.6 Å². The molecule has 246 valence electrons. The lowest BCUT2D eigenvalue weighted by atomic mass is 9.90. The maximum Gasteiger partial charge on any atom is 0.416 e. The topological polar surface area (TPSA) is 131 Å². The number of rotatable bonds is 3. The minimum absolute atomic E-state index is 0.00879. The number of carbonyl (C=O) groups is 2. The largest absolute Gasteiger partial charge is 0.416 e. The molecule has 4 N–H and O–H groups in total. The third-order valence-corrected chi connectivity index (χ3v) is 9.07. The van der Waals surface area contributed by atoms with Crippen LogP contribution >= 0.6 is 0 Å². The first kappa shape index (κ1) is 32.2. The number of hydrogen-bond donors (Lipinski definition) is 3. The van der Waals surface area contributed by atoms with Gasteiger partial charge in [0, 0.05) is 54.1 Å². The minimum Gasteiger partial charge on any atom is -0.383 e. The van der Waals surface area contributed by atoms with Crippen LogP contribution in [0.25, 0.3) is 28.2 Å². The molecule has 3 atom stereocenters. The number of aromatic nitrogens is 4. The minimum atomic E-state index is -4.56. The molecule has 0 spiro atoms. The Morgan fingerprint density at radius 3 is 2.68 bits per heavy atom. The van der Waals surface area contributed by atoms with E-state index in [2.05, 4.69) is 38.5 Å². The highest BCUT2D eigenvalue weighted by molar-refractivity contribution is 6.06. The van der Waals surface area contributed by atoms with Crippen molar-refractivity contribution in [1.29, 1.82) is 0 Å². The Kier molecular flexibility index (Phi) is 9.00. The second-order valence-corrected chi connectivity index (χ2v) is 12.4. The van der Waals surface area contributed by atoms with Gasteiger partial charge < -0.3 is 21.3 Å². The Balaban J connectivity index is 1.36. The summed E-state index contributed by atoms with van der Waals surface area (Å²) in [6.45, 7) is 2.86. The Morgan fingerprint density at radius 2 is 1.91 bits per heavy atom. The molecule has 13 heteroatoms. The number of pyridine rings is 2. The number of fused-ring (bicyclic) bond motifs is 3. The second kappa shape index (κ2) is 13.1. The van der Waals surface area contributed by atoms with Gasteiger partial charge in [-0.1, -0.05) is 24.3 Å². The van der Waals surface area contributed by atoms with Crippen LogP contribution in [-0.2, 0) is 11.0 Å². The van der Waals surface area contributed by atoms with Crippen LogP contribution in [0.5, 0.6) is 0 Å². The number of carbonyl (C=O) groups excluding carboxylic acids is 2. The molecule has 2 amide bonds. The lowest BCUT2D eigenvalue weighted by Crippen LogP contribution is -2.42. The summed E-state index contributed by atoms with van der Waals surface area (Å²) < 4.78 is 41.4. The molecule has 10 nitrogen and oxygen atoms in total. The van der Waals surface area contributed by atoms with Crippen LogP contribution in [0.1, 0.15) is 73.0 Å². The molecular weight excluding hydrogens is 609 g/mol. The van der Waals surface area contributed by atoms with E-state index >= 15 is 0 Å². The number of anilines is 2. The number of nitrogens with two attached hydrogens (primary N) is 1. The number of nitrogen functional groups attached to an aromatic ring is 1. The zero-order valence-electron chi connectivity index (χ0n) is 26.2. The van der Waals surface area contributed by atoms with Gasteiger partial charge in [0.1, 0.15) is 17.3 Å². The standard InChI is InChI=1S/C34H37F3N8O2/c1-20-16-28(46)41-25-7-5-8-26(18-25)45-31-23(6-3-4-15-44(20)2)19-40-32(38)29(31)30(43-45)21-9-11-22(12-10-21)33(47)42-27-17-24(13-14-39-27)34(35,36)37/h3,6,9-14,17,19-20,25-26H,4-5,7-8,15-16,18H2,1-2H3,(H2,38,40)(H,41,46)(H,39,42,47)/b6-3+/t20-,25+,26+/m0/s1. The number of halogens is 3. The van der Waals surface area contributed by atoms with Gasteiger partial charge >= 0.3 is 6.18 Å². The normalized spacial score (nSPS) is 21.8. The maximum atomic E-state index is 13.1. The monoisotopic (exact) mass is 646 g/mol. The van der Waals surface area contributed by atoms with Gasteiger partial charge in [-0.15, -0.1) is 0 Å². The lowest BCUT2D eigenvalue weighted by Gasteiger charge is -2.31. The highest BCUT2D eigenvalue weighted by Gasteiger charge is 2.31. The van der Waals surface area contributed by atoms with Gasteiger partial charge in [0.15, 0.2) is 0 Å². The van der Waals surface area contributed by atoms with Crippen molar-refractivity contribution in [2.75, 3.05) is 24.6 Å². The summed E-state index contributed by atoms with van der Waals surface area (Å²) in [4.78, 5) is 36.4. The first-order chi connectivity index (χ1) is 22.5. The summed E-state index contributed by atoms with van der Waals surface area (Å²) in [7, 11) is 2.03. The van der Waals surface area contributed by atoms with Gasteiger partial charge in [-0.3, -0.25) is 14.3 Å². The van der Waals surface area contributed by atoms with Crippen LogP contribution in [-0.4, -0.2) is 62.1 Å². The number of alkyl halides is 3. The summed E-state index contributed by atoms with van der Waals surface area (Å²) >= 11 is 0. The maximum absolute atomic E-state index is 13.1. The van der Waals surface area contributed by atoms with Crippen molar-refractivity contribution in [3.63, 3.8) is 0 Å². The molecule has 0 radical (unpaired) electrons. The molecule has 2 bridgehead atoms. The third kappa shape index (κ3) is 6.99. The molecule has 0 unspecified atom stereocenters. The molecule has 4 heterocycles. The number of benzene rings is 1. The van der Waals surface area contributed by atoms with E-state index in [1.54, 1.807) is 30.5 Å². The average Bonchev–Trinajstić information content (AvgIpc) is 3.45. The highest BCUT2D eigenvalue weighted by Crippen LogP contribution is 2.39. The van der Waals surface area contributed by atoms with E-state index in [1.165, 1.54) is 0 Å². The van der Waals surface area contributed by atoms with Crippen LogP contribution in [0.15, 0.2) is 54.9 Å². The Bertz CT molecular complexity index is 1820. The summed E-state index contributed by atoms with van der Waals surface area (Å²) in [5.41, 5.74) is 8.89. The molecule has 1 aliphatic carbocycles. The zero-order chi connectivity index (χ0) is 33.3. The summed E-state index contributed by atoms with van der Waals surface area (Å²) in [5, 5.41) is 11.5. The molecule has 0 saturated heterocycles. The summed E-state index contributed by atoms with van der Waals surface area (Å²) in [6, 6.07) is 8.41. The van der Waals surface area contributed by atoms with E-state index in [9.17, 15) is 22.8 Å². The molecule has 47 heavy (non-hydrogen) atoms. The van der Waals surface area contributed by atoms with Crippen LogP contribution in [0.2, 0.25) is 0 Å². The van der Waals surface area contributed by atoms with Crippen molar-refractivity contribution < 1.29 is 22.8 Å². The van der Waals surface area contributed by atoms with Gasteiger partial charge in [-0.05, 0) is 70.3 Å². The lowest BCUT2D eigenvalue weighted by molar-refractivity contribution is -0.137. The number of amides is 2. The molecule has 1 aliphatic heterocycles. The molecule has 1 fully saturated rings. The van der Waals surface area contributed by atoms with Crippen LogP contribution in [0.3, 0.4) is 0 Å². The van der Waals surface area contributed by atoms with Gasteiger partial charge in [0.05, 0.1) is 22.5 Å². The molecule has 1 saturated carbocycles. The molecule has 6 rings (SSSR count). The van der Waals surface area contributed by atoms with Crippen molar-refractivity contribution in [1.82, 2.24) is 30.0 Å². The molecule has 1 aromatic carbocycles. The predicted molar refractivity (Wildman–Crippen MR) is 174 cm³/mol. The van der Waals surface area contributed by atoms with Crippen LogP contribution in [0, 0.1) is 0 Å². The number of nitrogens with one attached hydrogen (secondary N) is 2. The average molecular weight is 647 g/mol. The van der Waals surface area contributed by atoms with Crippen LogP contribution < -0.4 is 16.4 Å². The van der Waals surface area contributed by atoms with E-state index in [0.717, 1.165) is 68.1 Å². The molecule has 3 aromatic heterocycles. The Morgan fingerprint density at radius 1 is 1.13 bits per heavy atom. The highest BCUT2D eigenvalue weighted by atomic mass is 19.4. The van der Waals surface area contributed by atoms with Gasteiger partial charge in [-0.25, -0.2) is 9.97 Å². The summed E-state index contributed by atoms with van der Waals surface area (Å²) in [6.07, 6.45) is 7.00. The predicted octanol–water partition coefficient (Wildman–Crippen LogP) is 6.07. The fraction of sp³-hybridized carbons (Fsp3) is 0.382. The van der Waals surface area contributed by atoms with Crippen molar-refractivity contribution >= 4 is 40.4 Å². The van der Waals surface area contributed by atoms with E-state index in [4.69, 9.17) is 10.8 Å². The van der Waals surface area contributed by atoms with Crippen molar-refractivity contribution in [3.8, 4) is 11.3 Å². The van der Waals surface area contributed by atoms with Gasteiger partial charge in [0.25, 0.3) is 5.91 Å². The molecule has 4 aromatic rings. The van der Waals surface area contributed by atoms with E-state index in [0.29, 0.717) is 28.9 Å². The fourth-order valence-electron chi connectivity index (χ4n) is 6.39. The van der Waals surface area contributed by atoms with Gasteiger partial charge in [0.2, 0.25) is 5.91 Å². The Labute approximate surface area is 270 Å². The fourth-order valence-corrected chi connectivity index (χ4v) is 6.39. The smallest absolute Gasteiger partial charge is 0.383 e.